The minimum absolute atomic E-state index is 0.323. The standard InChI is InChI=1S/C22H26N2O5/c1-22(2)28-19-18(17(25)16-7-5-14-4-6-15(14)10-16)27-21(20(19)29-22)24-9-8-13(12-24)11-23-26-3/h5,7-12,17-21,25H,4,6H2,1-3H3/t17-,18-,19-,20-,21-/m1/s1. The van der Waals surface area contributed by atoms with Gasteiger partial charge in [-0.25, -0.2) is 0 Å². The lowest BCUT2D eigenvalue weighted by Crippen LogP contribution is -2.34. The Morgan fingerprint density at radius 3 is 2.72 bits per heavy atom. The molecule has 2 saturated heterocycles. The van der Waals surface area contributed by atoms with E-state index in [2.05, 4.69) is 17.3 Å². The molecule has 0 spiro atoms. The molecule has 2 aliphatic heterocycles. The summed E-state index contributed by atoms with van der Waals surface area (Å²) in [5.74, 6) is -0.733. The molecule has 0 unspecified atom stereocenters. The molecule has 29 heavy (non-hydrogen) atoms. The molecule has 0 saturated carbocycles. The first-order valence-electron chi connectivity index (χ1n) is 10.00. The molecule has 7 nitrogen and oxygen atoms in total. The molecule has 154 valence electrons. The Labute approximate surface area is 169 Å². The van der Waals surface area contributed by atoms with Crippen molar-refractivity contribution < 1.29 is 24.2 Å². The van der Waals surface area contributed by atoms with Gasteiger partial charge in [-0.3, -0.25) is 0 Å². The number of aryl methyl sites for hydroxylation is 2. The predicted octanol–water partition coefficient (Wildman–Crippen LogP) is 2.72. The van der Waals surface area contributed by atoms with Crippen molar-refractivity contribution in [2.45, 2.75) is 63.1 Å². The highest BCUT2D eigenvalue weighted by Crippen LogP contribution is 2.46. The Hall–Kier alpha value is -2.19. The third-order valence-electron chi connectivity index (χ3n) is 5.95. The lowest BCUT2D eigenvalue weighted by molar-refractivity contribution is -0.208. The average Bonchev–Trinajstić information content (AvgIpc) is 3.33. The molecule has 3 aliphatic rings. The summed E-state index contributed by atoms with van der Waals surface area (Å²) in [6.07, 6.45) is 5.23. The second-order valence-corrected chi connectivity index (χ2v) is 8.34. The van der Waals surface area contributed by atoms with E-state index in [0.29, 0.717) is 0 Å². The molecule has 2 aromatic rings. The number of aliphatic hydroxyl groups is 1. The minimum atomic E-state index is -0.791. The molecule has 2 fully saturated rings. The summed E-state index contributed by atoms with van der Waals surface area (Å²) in [6, 6.07) is 8.10. The number of hydrogen-bond acceptors (Lipinski definition) is 6. The fraction of sp³-hybridized carbons (Fsp3) is 0.500. The van der Waals surface area contributed by atoms with E-state index in [-0.39, 0.29) is 12.2 Å². The molecule has 7 heteroatoms. The van der Waals surface area contributed by atoms with Crippen molar-refractivity contribution in [2.24, 2.45) is 5.16 Å². The maximum absolute atomic E-state index is 11.2. The Balaban J connectivity index is 1.43. The van der Waals surface area contributed by atoms with Crippen LogP contribution in [0.5, 0.6) is 0 Å². The van der Waals surface area contributed by atoms with E-state index in [1.165, 1.54) is 18.2 Å². The van der Waals surface area contributed by atoms with Crippen LogP contribution >= 0.6 is 0 Å². The molecule has 1 aliphatic carbocycles. The van der Waals surface area contributed by atoms with E-state index < -0.39 is 24.2 Å². The first kappa shape index (κ1) is 18.8. The van der Waals surface area contributed by atoms with Crippen molar-refractivity contribution in [1.29, 1.82) is 0 Å². The van der Waals surface area contributed by atoms with Crippen LogP contribution < -0.4 is 0 Å². The van der Waals surface area contributed by atoms with Gasteiger partial charge in [-0.1, -0.05) is 23.4 Å². The average molecular weight is 398 g/mol. The number of aromatic nitrogens is 1. The summed E-state index contributed by atoms with van der Waals surface area (Å²) in [6.45, 7) is 3.78. The quantitative estimate of drug-likeness (QED) is 0.619. The number of fused-ring (bicyclic) bond motifs is 2. The molecule has 3 heterocycles. The van der Waals surface area contributed by atoms with Crippen LogP contribution in [0.1, 0.15) is 48.4 Å². The van der Waals surface area contributed by atoms with Gasteiger partial charge in [0.05, 0.1) is 6.21 Å². The molecule has 1 N–H and O–H groups in total. The Kier molecular flexibility index (Phi) is 4.51. The number of hydrogen-bond donors (Lipinski definition) is 1. The van der Waals surface area contributed by atoms with Crippen molar-refractivity contribution in [1.82, 2.24) is 4.57 Å². The van der Waals surface area contributed by atoms with Gasteiger partial charge in [-0.15, -0.1) is 0 Å². The molecule has 1 aromatic carbocycles. The van der Waals surface area contributed by atoms with Crippen molar-refractivity contribution in [3.8, 4) is 0 Å². The van der Waals surface area contributed by atoms with Crippen LogP contribution in [0, 0.1) is 0 Å². The van der Waals surface area contributed by atoms with Crippen LogP contribution in [0.25, 0.3) is 0 Å². The number of benzene rings is 1. The van der Waals surface area contributed by atoms with Crippen molar-refractivity contribution in [3.63, 3.8) is 0 Å². The van der Waals surface area contributed by atoms with Gasteiger partial charge >= 0.3 is 0 Å². The van der Waals surface area contributed by atoms with Crippen molar-refractivity contribution in [2.75, 3.05) is 7.11 Å². The second kappa shape index (κ2) is 6.95. The fourth-order valence-electron chi connectivity index (χ4n) is 4.47. The summed E-state index contributed by atoms with van der Waals surface area (Å²) in [7, 11) is 1.51. The smallest absolute Gasteiger partial charge is 0.164 e. The Bertz CT molecular complexity index is 937. The van der Waals surface area contributed by atoms with E-state index in [0.717, 1.165) is 24.0 Å². The van der Waals surface area contributed by atoms with Gasteiger partial charge in [0, 0.05) is 18.0 Å². The number of aliphatic hydroxyl groups excluding tert-OH is 1. The van der Waals surface area contributed by atoms with Crippen molar-refractivity contribution in [3.05, 3.63) is 58.9 Å². The first-order valence-corrected chi connectivity index (χ1v) is 10.00. The molecule has 0 amide bonds. The maximum atomic E-state index is 11.2. The SMILES string of the molecule is CON=Cc1ccn([C@@H]2O[C@H]([C@H](O)c3ccc4c(c3)CC4)[C@H]3OC(C)(C)O[C@H]32)c1. The van der Waals surface area contributed by atoms with E-state index in [4.69, 9.17) is 19.0 Å². The highest BCUT2D eigenvalue weighted by atomic mass is 16.8. The maximum Gasteiger partial charge on any atom is 0.164 e. The summed E-state index contributed by atoms with van der Waals surface area (Å²) >= 11 is 0. The zero-order valence-corrected chi connectivity index (χ0v) is 16.8. The molecule has 0 radical (unpaired) electrons. The summed E-state index contributed by atoms with van der Waals surface area (Å²) in [5, 5.41) is 15.0. The Morgan fingerprint density at radius 2 is 2.00 bits per heavy atom. The van der Waals surface area contributed by atoms with Gasteiger partial charge in [0.15, 0.2) is 12.0 Å². The van der Waals surface area contributed by atoms with Gasteiger partial charge in [-0.2, -0.15) is 0 Å². The van der Waals surface area contributed by atoms with E-state index >= 15 is 0 Å². The molecule has 5 rings (SSSR count). The second-order valence-electron chi connectivity index (χ2n) is 8.34. The van der Waals surface area contributed by atoms with E-state index in [9.17, 15) is 5.11 Å². The van der Waals surface area contributed by atoms with Gasteiger partial charge < -0.3 is 28.7 Å². The minimum Gasteiger partial charge on any atom is -0.399 e. The van der Waals surface area contributed by atoms with Crippen LogP contribution in [0.2, 0.25) is 0 Å². The lowest BCUT2D eigenvalue weighted by Gasteiger charge is -2.28. The number of oxime groups is 1. The molecule has 0 bridgehead atoms. The molecular formula is C22H26N2O5. The first-order chi connectivity index (χ1) is 13.9. The van der Waals surface area contributed by atoms with Gasteiger partial charge in [-0.05, 0) is 49.4 Å². The number of ether oxygens (including phenoxy) is 3. The number of nitrogens with zero attached hydrogens (tertiary/aromatic N) is 2. The lowest BCUT2D eigenvalue weighted by atomic mass is 9.85. The summed E-state index contributed by atoms with van der Waals surface area (Å²) < 4.78 is 20.6. The normalized spacial score (nSPS) is 30.8. The van der Waals surface area contributed by atoms with Gasteiger partial charge in [0.2, 0.25) is 0 Å². The molecular weight excluding hydrogens is 372 g/mol. The summed E-state index contributed by atoms with van der Waals surface area (Å²) in [5.41, 5.74) is 4.42. The largest absolute Gasteiger partial charge is 0.399 e. The Morgan fingerprint density at radius 1 is 1.21 bits per heavy atom. The fourth-order valence-corrected chi connectivity index (χ4v) is 4.47. The zero-order chi connectivity index (χ0) is 20.2. The van der Waals surface area contributed by atoms with Crippen LogP contribution in [-0.2, 0) is 31.9 Å². The van der Waals surface area contributed by atoms with Gasteiger partial charge in [0.25, 0.3) is 0 Å². The topological polar surface area (TPSA) is 74.4 Å². The van der Waals surface area contributed by atoms with E-state index in [1.54, 1.807) is 6.21 Å². The molecule has 5 atom stereocenters. The van der Waals surface area contributed by atoms with Crippen LogP contribution in [0.4, 0.5) is 0 Å². The summed E-state index contributed by atoms with van der Waals surface area (Å²) in [4.78, 5) is 4.75. The number of rotatable bonds is 5. The highest BCUT2D eigenvalue weighted by molar-refractivity contribution is 5.78. The van der Waals surface area contributed by atoms with Crippen LogP contribution in [0.3, 0.4) is 0 Å². The third kappa shape index (κ3) is 3.28. The van der Waals surface area contributed by atoms with E-state index in [1.807, 2.05) is 42.9 Å². The third-order valence-corrected chi connectivity index (χ3v) is 5.95. The molecule has 1 aromatic heterocycles. The predicted molar refractivity (Wildman–Crippen MR) is 106 cm³/mol. The van der Waals surface area contributed by atoms with Gasteiger partial charge in [0.1, 0.15) is 31.5 Å². The van der Waals surface area contributed by atoms with Crippen molar-refractivity contribution >= 4 is 6.21 Å². The van der Waals surface area contributed by atoms with Crippen LogP contribution in [0.15, 0.2) is 41.8 Å². The zero-order valence-electron chi connectivity index (χ0n) is 16.8. The highest BCUT2D eigenvalue weighted by Gasteiger charge is 2.57. The monoisotopic (exact) mass is 398 g/mol. The van der Waals surface area contributed by atoms with Crippen LogP contribution in [-0.4, -0.2) is 47.1 Å².